The third-order valence-electron chi connectivity index (χ3n) is 3.30. The number of hydrogen-bond donors (Lipinski definition) is 1. The summed E-state index contributed by atoms with van der Waals surface area (Å²) in [4.78, 5) is 0. The second kappa shape index (κ2) is 19.8. The van der Waals surface area contributed by atoms with Crippen LogP contribution in [0.3, 0.4) is 0 Å². The van der Waals surface area contributed by atoms with Crippen LogP contribution in [-0.2, 0) is 0 Å². The molecule has 0 rings (SSSR count). The molecule has 1 nitrogen and oxygen atoms in total. The van der Waals surface area contributed by atoms with Crippen molar-refractivity contribution in [2.75, 3.05) is 0 Å². The Labute approximate surface area is 122 Å². The minimum Gasteiger partial charge on any atom is -0.344 e. The zero-order chi connectivity index (χ0) is 13.3. The van der Waals surface area contributed by atoms with Gasteiger partial charge in [-0.25, -0.2) is 0 Å². The van der Waals surface area contributed by atoms with Gasteiger partial charge >= 0.3 is 0 Å². The fraction of sp³-hybridized carbons (Fsp3) is 0.778. The first-order valence-corrected chi connectivity index (χ1v) is 8.21. The van der Waals surface area contributed by atoms with Gasteiger partial charge in [-0.05, 0) is 32.1 Å². The summed E-state index contributed by atoms with van der Waals surface area (Å²) < 4.78 is 0. The Bertz CT molecular complexity index is 194. The topological polar surface area (TPSA) is 35.0 Å². The standard InChI is InChI=1S/C18H34.H3N/c1-3-5-7-9-11-13-15-17-18-16-14-12-10-8-6-4-2;/h11,13,17-18H,3-10,12,14-16H2,1-2H3;1H3. The Balaban J connectivity index is 0. The third kappa shape index (κ3) is 19.9. The number of rotatable bonds is 13. The molecule has 0 spiro atoms. The van der Waals surface area contributed by atoms with Gasteiger partial charge in [0.2, 0.25) is 0 Å². The van der Waals surface area contributed by atoms with E-state index in [0.717, 1.165) is 6.42 Å². The van der Waals surface area contributed by atoms with Crippen molar-refractivity contribution < 1.29 is 0 Å². The SMILES string of the molecule is CCCCCC=CCC=CCCCCCCCC.N. The number of hydrogen-bond acceptors (Lipinski definition) is 1. The van der Waals surface area contributed by atoms with Crippen molar-refractivity contribution in [3.63, 3.8) is 0 Å². The van der Waals surface area contributed by atoms with Gasteiger partial charge in [0, 0.05) is 0 Å². The van der Waals surface area contributed by atoms with E-state index in [1.807, 2.05) is 0 Å². The number of unbranched alkanes of at least 4 members (excludes halogenated alkanes) is 9. The molecule has 0 amide bonds. The molecule has 1 heteroatoms. The Morgan fingerprint density at radius 1 is 0.526 bits per heavy atom. The fourth-order valence-corrected chi connectivity index (χ4v) is 2.06. The summed E-state index contributed by atoms with van der Waals surface area (Å²) >= 11 is 0. The van der Waals surface area contributed by atoms with Crippen molar-refractivity contribution in [3.05, 3.63) is 24.3 Å². The van der Waals surface area contributed by atoms with Gasteiger partial charge in [0.15, 0.2) is 0 Å². The van der Waals surface area contributed by atoms with Crippen LogP contribution < -0.4 is 6.15 Å². The molecule has 0 aliphatic heterocycles. The Hall–Kier alpha value is -0.560. The van der Waals surface area contributed by atoms with Crippen molar-refractivity contribution >= 4 is 0 Å². The molecule has 0 aromatic carbocycles. The molecule has 0 aromatic heterocycles. The van der Waals surface area contributed by atoms with E-state index in [0.29, 0.717) is 0 Å². The molecule has 0 aliphatic carbocycles. The van der Waals surface area contributed by atoms with E-state index >= 15 is 0 Å². The van der Waals surface area contributed by atoms with E-state index in [-0.39, 0.29) is 6.15 Å². The van der Waals surface area contributed by atoms with Gasteiger partial charge in [-0.3, -0.25) is 0 Å². The predicted molar refractivity (Wildman–Crippen MR) is 90.1 cm³/mol. The highest BCUT2D eigenvalue weighted by Gasteiger charge is 1.87. The van der Waals surface area contributed by atoms with E-state index < -0.39 is 0 Å². The van der Waals surface area contributed by atoms with Crippen LogP contribution in [0.25, 0.3) is 0 Å². The molecular weight excluding hydrogens is 230 g/mol. The monoisotopic (exact) mass is 267 g/mol. The van der Waals surface area contributed by atoms with Crippen LogP contribution in [0.4, 0.5) is 0 Å². The highest BCUT2D eigenvalue weighted by atomic mass is 14.0. The predicted octanol–water partition coefficient (Wildman–Crippen LogP) is 6.98. The van der Waals surface area contributed by atoms with Crippen LogP contribution in [0, 0.1) is 0 Å². The molecule has 0 bridgehead atoms. The first kappa shape index (κ1) is 20.8. The number of allylic oxidation sites excluding steroid dienone is 4. The first-order chi connectivity index (χ1) is 8.91. The second-order valence-electron chi connectivity index (χ2n) is 5.23. The highest BCUT2D eigenvalue weighted by molar-refractivity contribution is 4.92. The van der Waals surface area contributed by atoms with Crippen LogP contribution >= 0.6 is 0 Å². The zero-order valence-corrected chi connectivity index (χ0v) is 13.5. The molecule has 114 valence electrons. The van der Waals surface area contributed by atoms with Gasteiger partial charge in [0.05, 0.1) is 0 Å². The average Bonchev–Trinajstić information content (AvgIpc) is 2.39. The quantitative estimate of drug-likeness (QED) is 0.283. The van der Waals surface area contributed by atoms with Gasteiger partial charge < -0.3 is 6.15 Å². The van der Waals surface area contributed by atoms with E-state index in [9.17, 15) is 0 Å². The van der Waals surface area contributed by atoms with Gasteiger partial charge in [-0.15, -0.1) is 0 Å². The van der Waals surface area contributed by atoms with Crippen molar-refractivity contribution in [2.24, 2.45) is 0 Å². The normalized spacial score (nSPS) is 11.3. The van der Waals surface area contributed by atoms with Gasteiger partial charge in [0.1, 0.15) is 0 Å². The average molecular weight is 268 g/mol. The van der Waals surface area contributed by atoms with Crippen LogP contribution in [0.2, 0.25) is 0 Å². The van der Waals surface area contributed by atoms with Crippen LogP contribution in [0.15, 0.2) is 24.3 Å². The van der Waals surface area contributed by atoms with Crippen LogP contribution in [-0.4, -0.2) is 0 Å². The van der Waals surface area contributed by atoms with Crippen molar-refractivity contribution in [1.82, 2.24) is 6.15 Å². The summed E-state index contributed by atoms with van der Waals surface area (Å²) in [6.07, 6.45) is 25.5. The molecule has 3 N–H and O–H groups in total. The zero-order valence-electron chi connectivity index (χ0n) is 13.5. The molecule has 0 saturated carbocycles. The first-order valence-electron chi connectivity index (χ1n) is 8.21. The minimum atomic E-state index is 0. The maximum atomic E-state index is 2.36. The molecule has 19 heavy (non-hydrogen) atoms. The fourth-order valence-electron chi connectivity index (χ4n) is 2.06. The van der Waals surface area contributed by atoms with E-state index in [2.05, 4.69) is 38.2 Å². The smallest absolute Gasteiger partial charge is 0.0169 e. The van der Waals surface area contributed by atoms with Crippen molar-refractivity contribution in [1.29, 1.82) is 0 Å². The van der Waals surface area contributed by atoms with E-state index in [4.69, 9.17) is 0 Å². The maximum Gasteiger partial charge on any atom is -0.0169 e. The Morgan fingerprint density at radius 2 is 0.947 bits per heavy atom. The van der Waals surface area contributed by atoms with E-state index in [1.165, 1.54) is 70.6 Å². The molecule has 0 saturated heterocycles. The summed E-state index contributed by atoms with van der Waals surface area (Å²) in [5.41, 5.74) is 0. The Morgan fingerprint density at radius 3 is 1.53 bits per heavy atom. The lowest BCUT2D eigenvalue weighted by Crippen LogP contribution is -1.77. The third-order valence-corrected chi connectivity index (χ3v) is 3.30. The highest BCUT2D eigenvalue weighted by Crippen LogP contribution is 2.07. The molecule has 0 heterocycles. The summed E-state index contributed by atoms with van der Waals surface area (Å²) in [5, 5.41) is 0. The molecule has 0 aliphatic rings. The van der Waals surface area contributed by atoms with Gasteiger partial charge in [-0.2, -0.15) is 0 Å². The van der Waals surface area contributed by atoms with Gasteiger partial charge in [0.25, 0.3) is 0 Å². The minimum absolute atomic E-state index is 0. The van der Waals surface area contributed by atoms with E-state index in [1.54, 1.807) is 0 Å². The largest absolute Gasteiger partial charge is 0.344 e. The molecular formula is C18H37N. The van der Waals surface area contributed by atoms with Crippen LogP contribution in [0.1, 0.15) is 90.9 Å². The Kier molecular flexibility index (Phi) is 21.6. The summed E-state index contributed by atoms with van der Waals surface area (Å²) in [6, 6.07) is 0. The lowest BCUT2D eigenvalue weighted by molar-refractivity contribution is 0.611. The van der Waals surface area contributed by atoms with Crippen LogP contribution in [0.5, 0.6) is 0 Å². The lowest BCUT2D eigenvalue weighted by atomic mass is 10.1. The lowest BCUT2D eigenvalue weighted by Gasteiger charge is -1.97. The second-order valence-corrected chi connectivity index (χ2v) is 5.23. The maximum absolute atomic E-state index is 2.36. The molecule has 0 aromatic rings. The summed E-state index contributed by atoms with van der Waals surface area (Å²) in [7, 11) is 0. The summed E-state index contributed by atoms with van der Waals surface area (Å²) in [6.45, 7) is 4.53. The molecule has 0 fully saturated rings. The van der Waals surface area contributed by atoms with Crippen molar-refractivity contribution in [3.8, 4) is 0 Å². The molecule has 0 atom stereocenters. The molecule has 0 radical (unpaired) electrons. The van der Waals surface area contributed by atoms with Crippen molar-refractivity contribution in [2.45, 2.75) is 90.9 Å². The van der Waals surface area contributed by atoms with Gasteiger partial charge in [-0.1, -0.05) is 83.1 Å². The molecule has 0 unspecified atom stereocenters. The summed E-state index contributed by atoms with van der Waals surface area (Å²) in [5.74, 6) is 0.